The van der Waals surface area contributed by atoms with Crippen molar-refractivity contribution in [2.45, 2.75) is 109 Å². The molecule has 0 aromatic heterocycles. The van der Waals surface area contributed by atoms with Crippen molar-refractivity contribution in [1.29, 1.82) is 0 Å². The summed E-state index contributed by atoms with van der Waals surface area (Å²) >= 11 is 0. The summed E-state index contributed by atoms with van der Waals surface area (Å²) in [6.07, 6.45) is 1.75. The third kappa shape index (κ3) is 7.38. The lowest BCUT2D eigenvalue weighted by molar-refractivity contribution is -0.144. The van der Waals surface area contributed by atoms with E-state index >= 15 is 0 Å². The molecule has 0 bridgehead atoms. The number of nitrogens with one attached hydrogen (secondary N) is 3. The molecule has 0 aromatic carbocycles. The average Bonchev–Trinajstić information content (AvgIpc) is 3.45. The fraction of sp³-hybridized carbons (Fsp3) is 0.800. The van der Waals surface area contributed by atoms with Crippen LogP contribution in [-0.4, -0.2) is 76.2 Å². The molecule has 2 aliphatic carbocycles. The summed E-state index contributed by atoms with van der Waals surface area (Å²) in [6, 6.07) is -3.74. The highest BCUT2D eigenvalue weighted by Gasteiger charge is 2.53. The molecule has 4 N–H and O–H groups in total. The predicted molar refractivity (Wildman–Crippen MR) is 129 cm³/mol. The van der Waals surface area contributed by atoms with Crippen molar-refractivity contribution in [2.75, 3.05) is 6.54 Å². The van der Waals surface area contributed by atoms with Gasteiger partial charge in [0.1, 0.15) is 12.1 Å². The van der Waals surface area contributed by atoms with Crippen LogP contribution in [0.15, 0.2) is 0 Å². The van der Waals surface area contributed by atoms with Gasteiger partial charge in [0, 0.05) is 19.0 Å². The fourth-order valence-electron chi connectivity index (χ4n) is 5.08. The molecule has 37 heavy (non-hydrogen) atoms. The first-order chi connectivity index (χ1) is 17.0. The number of ketones is 1. The molecule has 4 amide bonds. The van der Waals surface area contributed by atoms with E-state index in [0.717, 1.165) is 32.1 Å². The van der Waals surface area contributed by atoms with E-state index in [0.29, 0.717) is 13.3 Å². The Kier molecular flexibility index (Phi) is 8.19. The fourth-order valence-corrected chi connectivity index (χ4v) is 5.08. The molecule has 0 aromatic rings. The number of carboxylic acid groups (broad SMARTS) is 1. The predicted octanol–water partition coefficient (Wildman–Crippen LogP) is 2.21. The molecule has 3 fully saturated rings. The Morgan fingerprint density at radius 3 is 2.14 bits per heavy atom. The zero-order valence-electron chi connectivity index (χ0n) is 21.9. The largest absolute Gasteiger partial charge is 0.465 e. The minimum absolute atomic E-state index is 0.127. The van der Waals surface area contributed by atoms with Gasteiger partial charge in [0.25, 0.3) is 5.91 Å². The highest BCUT2D eigenvalue weighted by molar-refractivity contribution is 6.38. The zero-order chi connectivity index (χ0) is 27.8. The van der Waals surface area contributed by atoms with E-state index in [1.807, 2.05) is 0 Å². The maximum atomic E-state index is 13.6. The molecule has 12 heteroatoms. The van der Waals surface area contributed by atoms with E-state index in [2.05, 4.69) is 16.0 Å². The molecule has 0 radical (unpaired) electrons. The van der Waals surface area contributed by atoms with E-state index in [1.54, 1.807) is 20.8 Å². The minimum Gasteiger partial charge on any atom is -0.465 e. The van der Waals surface area contributed by atoms with Gasteiger partial charge in [-0.3, -0.25) is 19.2 Å². The summed E-state index contributed by atoms with van der Waals surface area (Å²) in [5, 5.41) is 16.6. The normalized spacial score (nSPS) is 22.5. The summed E-state index contributed by atoms with van der Waals surface area (Å²) < 4.78 is 27.2. The second kappa shape index (κ2) is 10.5. The lowest BCUT2D eigenvalue weighted by atomic mass is 9.67. The molecular formula is C25H38F2N4O6. The van der Waals surface area contributed by atoms with Crippen LogP contribution in [0.3, 0.4) is 0 Å². The monoisotopic (exact) mass is 528 g/mol. The number of rotatable bonds is 10. The number of hydrogen-bond acceptors (Lipinski definition) is 5. The van der Waals surface area contributed by atoms with Crippen molar-refractivity contribution in [3.05, 3.63) is 0 Å². The molecule has 208 valence electrons. The Morgan fingerprint density at radius 1 is 1.05 bits per heavy atom. The molecule has 2 saturated carbocycles. The number of amides is 4. The van der Waals surface area contributed by atoms with Crippen LogP contribution in [0.4, 0.5) is 13.6 Å². The van der Waals surface area contributed by atoms with Crippen LogP contribution in [-0.2, 0) is 19.2 Å². The topological polar surface area (TPSA) is 145 Å². The maximum Gasteiger partial charge on any atom is 0.405 e. The van der Waals surface area contributed by atoms with Gasteiger partial charge in [-0.25, -0.2) is 13.6 Å². The molecule has 3 atom stereocenters. The Bertz CT molecular complexity index is 936. The molecule has 1 spiro atoms. The first-order valence-electron chi connectivity index (χ1n) is 12.8. The van der Waals surface area contributed by atoms with E-state index in [1.165, 1.54) is 4.90 Å². The van der Waals surface area contributed by atoms with Crippen molar-refractivity contribution < 1.29 is 37.9 Å². The number of alkyl halides is 2. The molecule has 1 heterocycles. The van der Waals surface area contributed by atoms with Gasteiger partial charge in [-0.1, -0.05) is 27.2 Å². The first-order valence-corrected chi connectivity index (χ1v) is 12.8. The molecule has 1 saturated heterocycles. The second-order valence-electron chi connectivity index (χ2n) is 12.1. The van der Waals surface area contributed by atoms with Gasteiger partial charge in [0.15, 0.2) is 0 Å². The van der Waals surface area contributed by atoms with Crippen LogP contribution in [0.1, 0.15) is 79.1 Å². The van der Waals surface area contributed by atoms with Gasteiger partial charge in [0.2, 0.25) is 23.5 Å². The van der Waals surface area contributed by atoms with Gasteiger partial charge >= 0.3 is 6.09 Å². The van der Waals surface area contributed by atoms with Crippen LogP contribution < -0.4 is 16.0 Å². The van der Waals surface area contributed by atoms with Gasteiger partial charge in [0.05, 0.1) is 6.04 Å². The van der Waals surface area contributed by atoms with Crippen LogP contribution in [0.25, 0.3) is 0 Å². The number of hydrogen-bond donors (Lipinski definition) is 4. The molecule has 3 rings (SSSR count). The summed E-state index contributed by atoms with van der Waals surface area (Å²) in [4.78, 5) is 65.0. The number of carbonyl (C=O) groups is 5. The van der Waals surface area contributed by atoms with E-state index in [4.69, 9.17) is 0 Å². The third-order valence-electron chi connectivity index (χ3n) is 7.53. The van der Waals surface area contributed by atoms with Crippen molar-refractivity contribution in [3.63, 3.8) is 0 Å². The standard InChI is InChI=1S/C25H38F2N4O6/c1-23(2,3)18(30-22(36)37)21(35)31-13-25(9-5-10-25)12-16(31)19(33)29-15(8-11-24(4,26)27)17(32)20(34)28-14-6-7-14/h14-16,18,30H,5-13H2,1-4H3,(H,28,34)(H,29,33)(H,36,37)/t15?,16?,18-/m1/s1. The molecule has 3 aliphatic rings. The van der Waals surface area contributed by atoms with Crippen LogP contribution in [0.5, 0.6) is 0 Å². The number of carbonyl (C=O) groups excluding carboxylic acids is 4. The van der Waals surface area contributed by atoms with E-state index in [9.17, 15) is 37.9 Å². The number of halogens is 2. The SMILES string of the molecule is CC(F)(F)CCC(NC(=O)C1CC2(CCC2)CN1C(=O)[C@@H](NC(=O)O)C(C)(C)C)C(=O)C(=O)NC1CC1. The highest BCUT2D eigenvalue weighted by atomic mass is 19.3. The van der Waals surface area contributed by atoms with Gasteiger partial charge in [-0.2, -0.15) is 0 Å². The summed E-state index contributed by atoms with van der Waals surface area (Å²) in [5.41, 5.74) is -1.08. The minimum atomic E-state index is -3.11. The van der Waals surface area contributed by atoms with Crippen LogP contribution in [0.2, 0.25) is 0 Å². The number of Topliss-reactive ketones (excluding diaryl/α,β-unsaturated/α-hetero) is 1. The smallest absolute Gasteiger partial charge is 0.405 e. The van der Waals surface area contributed by atoms with Gasteiger partial charge in [-0.05, 0) is 56.3 Å². The van der Waals surface area contributed by atoms with E-state index < -0.39 is 71.9 Å². The van der Waals surface area contributed by atoms with Crippen molar-refractivity contribution in [3.8, 4) is 0 Å². The Morgan fingerprint density at radius 2 is 1.68 bits per heavy atom. The Hall–Kier alpha value is -2.79. The Labute approximate surface area is 215 Å². The molecule has 10 nitrogen and oxygen atoms in total. The average molecular weight is 529 g/mol. The van der Waals surface area contributed by atoms with Crippen LogP contribution in [0, 0.1) is 10.8 Å². The lowest BCUT2D eigenvalue weighted by Crippen LogP contribution is -2.59. The third-order valence-corrected chi connectivity index (χ3v) is 7.53. The molecule has 2 unspecified atom stereocenters. The summed E-state index contributed by atoms with van der Waals surface area (Å²) in [6.45, 7) is 6.06. The van der Waals surface area contributed by atoms with Crippen molar-refractivity contribution in [2.24, 2.45) is 10.8 Å². The number of likely N-dealkylation sites (tertiary alicyclic amines) is 1. The van der Waals surface area contributed by atoms with Crippen LogP contribution >= 0.6 is 0 Å². The van der Waals surface area contributed by atoms with Gasteiger partial charge < -0.3 is 26.0 Å². The second-order valence-corrected chi connectivity index (χ2v) is 12.1. The van der Waals surface area contributed by atoms with Crippen molar-refractivity contribution in [1.82, 2.24) is 20.9 Å². The number of nitrogens with zero attached hydrogens (tertiary/aromatic N) is 1. The lowest BCUT2D eigenvalue weighted by Gasteiger charge is -2.39. The first kappa shape index (κ1) is 28.8. The maximum absolute atomic E-state index is 13.6. The van der Waals surface area contributed by atoms with Crippen molar-refractivity contribution >= 4 is 29.6 Å². The summed E-state index contributed by atoms with van der Waals surface area (Å²) in [7, 11) is 0. The Balaban J connectivity index is 1.82. The molecule has 1 aliphatic heterocycles. The quantitative estimate of drug-likeness (QED) is 0.320. The summed E-state index contributed by atoms with van der Waals surface area (Å²) in [5.74, 6) is -6.31. The highest BCUT2D eigenvalue weighted by Crippen LogP contribution is 2.50. The molecular weight excluding hydrogens is 490 g/mol. The van der Waals surface area contributed by atoms with E-state index in [-0.39, 0.29) is 18.0 Å². The van der Waals surface area contributed by atoms with Gasteiger partial charge in [-0.15, -0.1) is 0 Å². The zero-order valence-corrected chi connectivity index (χ0v) is 21.9.